The van der Waals surface area contributed by atoms with Crippen molar-refractivity contribution >= 4 is 41.1 Å². The van der Waals surface area contributed by atoms with Crippen LogP contribution >= 0.6 is 0 Å². The average Bonchev–Trinajstić information content (AvgIpc) is 3.25. The number of fused-ring (bicyclic) bond motifs is 1. The van der Waals surface area contributed by atoms with Gasteiger partial charge in [0.15, 0.2) is 5.82 Å². The van der Waals surface area contributed by atoms with Crippen molar-refractivity contribution in [1.29, 1.82) is 5.26 Å². The second-order valence-electron chi connectivity index (χ2n) is 12.4. The Hall–Kier alpha value is -4.52. The first-order valence-electron chi connectivity index (χ1n) is 15.4. The predicted octanol–water partition coefficient (Wildman–Crippen LogP) is 3.22. The molecule has 50 heavy (non-hydrogen) atoms. The van der Waals surface area contributed by atoms with Gasteiger partial charge in [0.25, 0.3) is 0 Å². The molecule has 1 saturated heterocycles. The van der Waals surface area contributed by atoms with Gasteiger partial charge in [-0.1, -0.05) is 12.1 Å². The number of hydrogen-bond acceptors (Lipinski definition) is 12. The summed E-state index contributed by atoms with van der Waals surface area (Å²) in [4.78, 5) is 17.8. The first-order valence-corrected chi connectivity index (χ1v) is 15.4. The maximum atomic E-state index is 10.0. The van der Waals surface area contributed by atoms with E-state index in [9.17, 15) is 5.26 Å². The van der Waals surface area contributed by atoms with E-state index in [1.807, 2.05) is 84.0 Å². The zero-order chi connectivity index (χ0) is 36.7. The van der Waals surface area contributed by atoms with Crippen molar-refractivity contribution in [1.82, 2.24) is 10.2 Å². The van der Waals surface area contributed by atoms with E-state index in [0.717, 1.165) is 69.5 Å². The van der Waals surface area contributed by atoms with Gasteiger partial charge in [-0.15, -0.1) is 5.10 Å². The molecule has 266 valence electrons. The standard InChI is InChI=1S/C32H35BN4O4.2C2H4O2.Pd/c1-19-13-23(17-34)27(16-28(19)33-40-31(3,4)32(5,6)41-33)21-10-12-25-26(14-21)20(2)36-37-30(25)35-18-22-9-11-24(38-7)15-29(22)39-8;2*1-2(3)4;/h9-16H,18H2,1-8H3,(H,35,37);2*1H3,(H,3,4);/q;;;+2/p-2. The number of hydrogen-bond donors (Lipinski definition) is 1. The molecule has 1 aliphatic rings. The molecule has 4 aromatic rings. The zero-order valence-electron chi connectivity index (χ0n) is 29.8. The third kappa shape index (κ3) is 10.0. The van der Waals surface area contributed by atoms with Crippen LogP contribution < -0.4 is 30.5 Å². The van der Waals surface area contributed by atoms with Crippen LogP contribution in [0.4, 0.5) is 5.82 Å². The summed E-state index contributed by atoms with van der Waals surface area (Å²) < 4.78 is 23.6. The van der Waals surface area contributed by atoms with E-state index in [0.29, 0.717) is 17.9 Å². The van der Waals surface area contributed by atoms with Gasteiger partial charge in [-0.2, -0.15) is 10.4 Å². The van der Waals surface area contributed by atoms with E-state index in [1.165, 1.54) is 0 Å². The van der Waals surface area contributed by atoms with Crippen molar-refractivity contribution in [2.24, 2.45) is 0 Å². The van der Waals surface area contributed by atoms with E-state index in [2.05, 4.69) is 27.6 Å². The number of aryl methyl sites for hydroxylation is 2. The number of carbonyl (C=O) groups is 2. The van der Waals surface area contributed by atoms with Gasteiger partial charge in [0.05, 0.1) is 42.7 Å². The van der Waals surface area contributed by atoms with Gasteiger partial charge in [0, 0.05) is 40.9 Å². The van der Waals surface area contributed by atoms with Crippen molar-refractivity contribution in [2.45, 2.75) is 73.1 Å². The minimum Gasteiger partial charge on any atom is -0.550 e. The van der Waals surface area contributed by atoms with Crippen LogP contribution in [0.1, 0.15) is 63.9 Å². The molecule has 1 aliphatic heterocycles. The molecule has 0 atom stereocenters. The van der Waals surface area contributed by atoms with Gasteiger partial charge in [-0.05, 0) is 108 Å². The molecule has 0 radical (unpaired) electrons. The number of anilines is 1. The summed E-state index contributed by atoms with van der Waals surface area (Å²) in [5.74, 6) is -0.0461. The number of nitriles is 1. The average molecular weight is 775 g/mol. The van der Waals surface area contributed by atoms with Crippen molar-refractivity contribution in [2.75, 3.05) is 19.5 Å². The number of benzene rings is 3. The Labute approximate surface area is 306 Å². The Morgan fingerprint density at radius 1 is 0.900 bits per heavy atom. The third-order valence-corrected chi connectivity index (χ3v) is 8.25. The molecule has 1 aromatic heterocycles. The predicted molar refractivity (Wildman–Crippen MR) is 183 cm³/mol. The smallest absolute Gasteiger partial charge is 0.550 e. The zero-order valence-corrected chi connectivity index (χ0v) is 31.4. The van der Waals surface area contributed by atoms with Crippen LogP contribution in [0.25, 0.3) is 21.9 Å². The van der Waals surface area contributed by atoms with Gasteiger partial charge in [0.1, 0.15) is 11.5 Å². The number of ether oxygens (including phenoxy) is 2. The maximum Gasteiger partial charge on any atom is 2.00 e. The van der Waals surface area contributed by atoms with Gasteiger partial charge in [-0.3, -0.25) is 0 Å². The van der Waals surface area contributed by atoms with Gasteiger partial charge >= 0.3 is 27.5 Å². The van der Waals surface area contributed by atoms with Crippen LogP contribution in [-0.2, 0) is 45.9 Å². The molecule has 12 nitrogen and oxygen atoms in total. The summed E-state index contributed by atoms with van der Waals surface area (Å²) >= 11 is 0. The quantitative estimate of drug-likeness (QED) is 0.272. The fourth-order valence-corrected chi connectivity index (χ4v) is 5.04. The summed E-state index contributed by atoms with van der Waals surface area (Å²) in [6.45, 7) is 14.5. The second kappa shape index (κ2) is 17.4. The fraction of sp³-hybridized carbons (Fsp3) is 0.361. The summed E-state index contributed by atoms with van der Waals surface area (Å²) in [7, 11) is 2.74. The number of carboxylic acid groups (broad SMARTS) is 2. The number of nitrogens with one attached hydrogen (secondary N) is 1. The molecule has 0 saturated carbocycles. The van der Waals surface area contributed by atoms with Crippen LogP contribution in [-0.4, -0.2) is 54.7 Å². The molecule has 1 N–H and O–H groups in total. The van der Waals surface area contributed by atoms with E-state index in [4.69, 9.17) is 38.6 Å². The molecule has 1 fully saturated rings. The molecule has 2 heterocycles. The van der Waals surface area contributed by atoms with Crippen LogP contribution in [0, 0.1) is 25.2 Å². The SMILES string of the molecule is CC(=O)[O-].CC(=O)[O-].COc1ccc(CNc2nnc(C)c3cc(-c4cc(B5OC(C)(C)C(C)(C)O5)c(C)cc4C#N)ccc23)c(OC)c1.[Pd+2]. The van der Waals surface area contributed by atoms with Crippen LogP contribution in [0.5, 0.6) is 11.5 Å². The van der Waals surface area contributed by atoms with Crippen molar-refractivity contribution in [3.63, 3.8) is 0 Å². The first kappa shape index (κ1) is 41.6. The third-order valence-electron chi connectivity index (χ3n) is 8.25. The number of nitrogens with zero attached hydrogens (tertiary/aromatic N) is 3. The van der Waals surface area contributed by atoms with E-state index in [1.54, 1.807) is 14.2 Å². The normalized spacial score (nSPS) is 13.7. The van der Waals surface area contributed by atoms with E-state index >= 15 is 0 Å². The number of rotatable bonds is 7. The molecule has 5 rings (SSSR count). The molecule has 14 heteroatoms. The molecular weight excluding hydrogens is 734 g/mol. The van der Waals surface area contributed by atoms with Crippen molar-refractivity contribution < 1.29 is 59.0 Å². The monoisotopic (exact) mass is 774 g/mol. The van der Waals surface area contributed by atoms with Gasteiger partial charge in [0.2, 0.25) is 0 Å². The van der Waals surface area contributed by atoms with Crippen LogP contribution in [0.3, 0.4) is 0 Å². The molecular formula is C36H41BN4O8Pd. The number of carbonyl (C=O) groups excluding carboxylic acids is 2. The Balaban J connectivity index is 0.000000872. The summed E-state index contributed by atoms with van der Waals surface area (Å²) in [5.41, 5.74) is 5.02. The topological polar surface area (TPSA) is 179 Å². The van der Waals surface area contributed by atoms with E-state index < -0.39 is 30.3 Å². The van der Waals surface area contributed by atoms with Gasteiger partial charge < -0.3 is 43.9 Å². The molecule has 0 amide bonds. The summed E-state index contributed by atoms with van der Waals surface area (Å²) in [5, 5.41) is 42.0. The first-order chi connectivity index (χ1) is 22.9. The summed E-state index contributed by atoms with van der Waals surface area (Å²) in [6, 6.07) is 18.1. The Kier molecular flexibility index (Phi) is 14.5. The largest absolute Gasteiger partial charge is 2.00 e. The molecule has 0 unspecified atom stereocenters. The number of aliphatic carboxylic acids is 2. The minimum atomic E-state index is -1.08. The second-order valence-corrected chi connectivity index (χ2v) is 12.4. The number of aromatic nitrogens is 2. The van der Waals surface area contributed by atoms with Crippen molar-refractivity contribution in [3.05, 3.63) is 70.9 Å². The molecule has 0 spiro atoms. The van der Waals surface area contributed by atoms with Crippen LogP contribution in [0.2, 0.25) is 0 Å². The Morgan fingerprint density at radius 2 is 1.50 bits per heavy atom. The minimum absolute atomic E-state index is 0. The van der Waals surface area contributed by atoms with Crippen LogP contribution in [0.15, 0.2) is 48.5 Å². The number of carboxylic acids is 2. The molecule has 0 aliphatic carbocycles. The Morgan fingerprint density at radius 3 is 2.04 bits per heavy atom. The Bertz CT molecular complexity index is 1860. The number of methoxy groups -OCH3 is 2. The van der Waals surface area contributed by atoms with E-state index in [-0.39, 0.29) is 20.4 Å². The molecule has 3 aromatic carbocycles. The van der Waals surface area contributed by atoms with Crippen molar-refractivity contribution in [3.8, 4) is 28.7 Å². The van der Waals surface area contributed by atoms with Gasteiger partial charge in [-0.25, -0.2) is 0 Å². The summed E-state index contributed by atoms with van der Waals surface area (Å²) in [6.07, 6.45) is 0. The molecule has 0 bridgehead atoms. The fourth-order valence-electron chi connectivity index (χ4n) is 5.04. The maximum absolute atomic E-state index is 10.0.